The summed E-state index contributed by atoms with van der Waals surface area (Å²) >= 11 is 0. The predicted molar refractivity (Wildman–Crippen MR) is 92.4 cm³/mol. The highest BCUT2D eigenvalue weighted by Crippen LogP contribution is 1.28. The van der Waals surface area contributed by atoms with Crippen LogP contribution in [0.4, 0.5) is 0 Å². The standard InChI is InChI=1S/C2H6O.7C2H6/c1-3-2;7*1-2/h1-2H3;7*1-2H3. The number of hydrogen-bond acceptors (Lipinski definition) is 1. The summed E-state index contributed by atoms with van der Waals surface area (Å²) in [6, 6.07) is 0. The van der Waals surface area contributed by atoms with Crippen molar-refractivity contribution in [3.8, 4) is 0 Å². The minimum atomic E-state index is 1.62. The molecule has 0 rings (SSSR count). The van der Waals surface area contributed by atoms with Crippen LogP contribution in [0.3, 0.4) is 0 Å². The van der Waals surface area contributed by atoms with E-state index in [9.17, 15) is 0 Å². The van der Waals surface area contributed by atoms with Crippen LogP contribution in [0.1, 0.15) is 96.9 Å². The maximum absolute atomic E-state index is 4.25. The third-order valence-corrected chi connectivity index (χ3v) is 0. The highest BCUT2D eigenvalue weighted by atomic mass is 16.4. The van der Waals surface area contributed by atoms with Crippen LogP contribution in [0, 0.1) is 0 Å². The Morgan fingerprint density at radius 2 is 0.294 bits per heavy atom. The molecule has 1 nitrogen and oxygen atoms in total. The highest BCUT2D eigenvalue weighted by molar-refractivity contribution is 3.56. The average Bonchev–Trinajstić information content (AvgIpc) is 2.53. The van der Waals surface area contributed by atoms with Gasteiger partial charge in [0.2, 0.25) is 0 Å². The molecule has 0 aromatic rings. The van der Waals surface area contributed by atoms with Crippen LogP contribution in [-0.4, -0.2) is 14.2 Å². The van der Waals surface area contributed by atoms with Crippen molar-refractivity contribution in [3.05, 3.63) is 0 Å². The SMILES string of the molecule is CC.CC.CC.CC.CC.CC.CC.COC. The number of ether oxygens (including phenoxy) is 1. The fourth-order valence-electron chi connectivity index (χ4n) is 0. The van der Waals surface area contributed by atoms with Crippen LogP contribution in [0.15, 0.2) is 0 Å². The summed E-state index contributed by atoms with van der Waals surface area (Å²) in [4.78, 5) is 0. The van der Waals surface area contributed by atoms with Crippen LogP contribution in [0.5, 0.6) is 0 Å². The van der Waals surface area contributed by atoms with Crippen molar-refractivity contribution in [3.63, 3.8) is 0 Å². The van der Waals surface area contributed by atoms with E-state index in [1.54, 1.807) is 14.2 Å². The molecule has 0 radical (unpaired) electrons. The Balaban J connectivity index is -0.00000000914. The molecule has 17 heavy (non-hydrogen) atoms. The Morgan fingerprint density at radius 1 is 0.294 bits per heavy atom. The fourth-order valence-corrected chi connectivity index (χ4v) is 0. The number of methoxy groups -OCH3 is 1. The lowest BCUT2D eigenvalue weighted by molar-refractivity contribution is 0.277. The molecule has 0 aliphatic carbocycles. The first-order valence-corrected chi connectivity index (χ1v) is 7.82. The van der Waals surface area contributed by atoms with Crippen LogP contribution >= 0.6 is 0 Å². The molecule has 0 bridgehead atoms. The van der Waals surface area contributed by atoms with Gasteiger partial charge in [0.25, 0.3) is 0 Å². The molecule has 1 heteroatoms. The van der Waals surface area contributed by atoms with E-state index in [-0.39, 0.29) is 0 Å². The van der Waals surface area contributed by atoms with Crippen molar-refractivity contribution < 1.29 is 4.74 Å². The predicted octanol–water partition coefficient (Wildman–Crippen LogP) is 7.45. The van der Waals surface area contributed by atoms with E-state index in [1.165, 1.54) is 0 Å². The summed E-state index contributed by atoms with van der Waals surface area (Å²) in [6.07, 6.45) is 0. The molecule has 0 heterocycles. The molecule has 0 aromatic heterocycles. The molecule has 0 aliphatic heterocycles. The third kappa shape index (κ3) is 1940000. The zero-order chi connectivity index (χ0) is 16.7. The second kappa shape index (κ2) is 3880. The summed E-state index contributed by atoms with van der Waals surface area (Å²) in [5.74, 6) is 0. The molecular formula is C16H48O. The Kier molecular flexibility index (Phi) is 12300. The zero-order valence-electron chi connectivity index (χ0n) is 16.4. The van der Waals surface area contributed by atoms with E-state index in [4.69, 9.17) is 0 Å². The minimum absolute atomic E-state index is 1.62. The van der Waals surface area contributed by atoms with Gasteiger partial charge in [0.05, 0.1) is 0 Å². The fraction of sp³-hybridized carbons (Fsp3) is 1.00. The largest absolute Gasteiger partial charge is 0.388 e. The van der Waals surface area contributed by atoms with E-state index in [2.05, 4.69) is 4.74 Å². The summed E-state index contributed by atoms with van der Waals surface area (Å²) in [6.45, 7) is 28.0. The lowest BCUT2D eigenvalue weighted by atomic mass is 11.0. The van der Waals surface area contributed by atoms with Crippen LogP contribution in [-0.2, 0) is 4.74 Å². The van der Waals surface area contributed by atoms with Gasteiger partial charge in [-0.1, -0.05) is 96.9 Å². The monoisotopic (exact) mass is 256 g/mol. The maximum atomic E-state index is 4.25. The molecule has 0 atom stereocenters. The van der Waals surface area contributed by atoms with Gasteiger partial charge in [0.1, 0.15) is 0 Å². The summed E-state index contributed by atoms with van der Waals surface area (Å²) in [5, 5.41) is 0. The van der Waals surface area contributed by atoms with Gasteiger partial charge in [-0.25, -0.2) is 0 Å². The molecule has 0 fully saturated rings. The Labute approximate surface area is 116 Å². The zero-order valence-corrected chi connectivity index (χ0v) is 16.4. The number of rotatable bonds is 0. The molecular weight excluding hydrogens is 208 g/mol. The van der Waals surface area contributed by atoms with E-state index in [0.717, 1.165) is 0 Å². The minimum Gasteiger partial charge on any atom is -0.388 e. The van der Waals surface area contributed by atoms with Gasteiger partial charge >= 0.3 is 0 Å². The molecule has 0 aliphatic rings. The normalized spacial score (nSPS) is 3.53. The van der Waals surface area contributed by atoms with Crippen molar-refractivity contribution in [1.82, 2.24) is 0 Å². The van der Waals surface area contributed by atoms with E-state index < -0.39 is 0 Å². The topological polar surface area (TPSA) is 9.23 Å². The molecule has 0 N–H and O–H groups in total. The first-order chi connectivity index (χ1) is 8.41. The Hall–Kier alpha value is -0.0400. The van der Waals surface area contributed by atoms with Gasteiger partial charge in [-0.05, 0) is 0 Å². The lowest BCUT2D eigenvalue weighted by Crippen LogP contribution is -1.55. The van der Waals surface area contributed by atoms with Gasteiger partial charge in [-0.2, -0.15) is 0 Å². The van der Waals surface area contributed by atoms with Crippen molar-refractivity contribution >= 4 is 0 Å². The van der Waals surface area contributed by atoms with Gasteiger partial charge in [0.15, 0.2) is 0 Å². The first-order valence-electron chi connectivity index (χ1n) is 7.82. The smallest absolute Gasteiger partial charge is 0.0351 e. The molecule has 0 spiro atoms. The van der Waals surface area contributed by atoms with E-state index in [0.29, 0.717) is 0 Å². The van der Waals surface area contributed by atoms with Crippen LogP contribution in [0.2, 0.25) is 0 Å². The van der Waals surface area contributed by atoms with Crippen molar-refractivity contribution in [2.24, 2.45) is 0 Å². The first kappa shape index (κ1) is 53.8. The van der Waals surface area contributed by atoms with Crippen molar-refractivity contribution in [2.45, 2.75) is 96.9 Å². The molecule has 0 saturated heterocycles. The molecule has 118 valence electrons. The lowest BCUT2D eigenvalue weighted by Gasteiger charge is -1.61. The summed E-state index contributed by atoms with van der Waals surface area (Å²) in [5.41, 5.74) is 0. The van der Waals surface area contributed by atoms with Crippen LogP contribution in [0.25, 0.3) is 0 Å². The molecule has 0 unspecified atom stereocenters. The van der Waals surface area contributed by atoms with Gasteiger partial charge in [-0.15, -0.1) is 0 Å². The summed E-state index contributed by atoms with van der Waals surface area (Å²) < 4.78 is 4.25. The van der Waals surface area contributed by atoms with E-state index in [1.807, 2.05) is 96.9 Å². The molecule has 0 amide bonds. The maximum Gasteiger partial charge on any atom is 0.0351 e. The van der Waals surface area contributed by atoms with Crippen molar-refractivity contribution in [1.29, 1.82) is 0 Å². The highest BCUT2D eigenvalue weighted by Gasteiger charge is 1.25. The van der Waals surface area contributed by atoms with Crippen LogP contribution < -0.4 is 0 Å². The second-order valence-electron chi connectivity index (χ2n) is 0.408. The van der Waals surface area contributed by atoms with Gasteiger partial charge in [-0.3, -0.25) is 0 Å². The van der Waals surface area contributed by atoms with Crippen molar-refractivity contribution in [2.75, 3.05) is 14.2 Å². The second-order valence-corrected chi connectivity index (χ2v) is 0.408. The Bertz CT molecular complexity index is 5.49. The Morgan fingerprint density at radius 3 is 0.294 bits per heavy atom. The number of hydrogen-bond donors (Lipinski definition) is 0. The van der Waals surface area contributed by atoms with Gasteiger partial charge in [0, 0.05) is 14.2 Å². The van der Waals surface area contributed by atoms with Gasteiger partial charge < -0.3 is 4.74 Å². The molecule has 0 aromatic carbocycles. The molecule has 0 saturated carbocycles. The average molecular weight is 257 g/mol. The third-order valence-electron chi connectivity index (χ3n) is 0. The van der Waals surface area contributed by atoms with E-state index >= 15 is 0 Å². The summed E-state index contributed by atoms with van der Waals surface area (Å²) in [7, 11) is 3.25. The quantitative estimate of drug-likeness (QED) is 0.437.